The number of aliphatic hydroxyl groups is 2. The summed E-state index contributed by atoms with van der Waals surface area (Å²) >= 11 is 0. The summed E-state index contributed by atoms with van der Waals surface area (Å²) in [6.45, 7) is 2.92. The van der Waals surface area contributed by atoms with E-state index in [9.17, 15) is 15.0 Å². The molecule has 1 aromatic heterocycles. The Balaban J connectivity index is 1.07. The van der Waals surface area contributed by atoms with E-state index in [2.05, 4.69) is 32.3 Å². The lowest BCUT2D eigenvalue weighted by molar-refractivity contribution is -0.253. The second kappa shape index (κ2) is 16.6. The van der Waals surface area contributed by atoms with Crippen LogP contribution in [0, 0.1) is 0 Å². The second-order valence-corrected chi connectivity index (χ2v) is 13.6. The monoisotopic (exact) mass is 708 g/mol. The Morgan fingerprint density at radius 3 is 2.28 bits per heavy atom. The standard InChI is InChI=1S/C44H44N4O5/c1-29(42(50)33-10-4-3-5-11-33)48(2)27-36-24-41(32-18-16-30(28-49)17-19-32)53-44(52-36)34-22-20-31(21-23-34)37-13-7-6-12-35(37)25-46-43(51)40-26-45-38-14-8-9-15-39(38)47-40/h3-23,26,29,36,41-42,44,49-50H,24-25,27-28H2,1-2H3,(H,46,51)/t29-,36-,41+,42-,44+/m1/s1. The van der Waals surface area contributed by atoms with Crippen LogP contribution < -0.4 is 5.32 Å². The van der Waals surface area contributed by atoms with Crippen LogP contribution in [0.3, 0.4) is 0 Å². The molecular formula is C44H44N4O5. The predicted octanol–water partition coefficient (Wildman–Crippen LogP) is 7.32. The van der Waals surface area contributed by atoms with E-state index in [1.807, 2.05) is 129 Å². The minimum atomic E-state index is -0.644. The summed E-state index contributed by atoms with van der Waals surface area (Å²) in [5.41, 5.74) is 8.27. The molecule has 5 atom stereocenters. The van der Waals surface area contributed by atoms with Crippen molar-refractivity contribution in [3.05, 3.63) is 167 Å². The first-order chi connectivity index (χ1) is 25.9. The number of carbonyl (C=O) groups is 1. The summed E-state index contributed by atoms with van der Waals surface area (Å²) in [6, 6.07) is 41.1. The molecule has 0 aliphatic carbocycles. The van der Waals surface area contributed by atoms with Crippen LogP contribution >= 0.6 is 0 Å². The van der Waals surface area contributed by atoms with Gasteiger partial charge in [0.15, 0.2) is 6.29 Å². The highest BCUT2D eigenvalue weighted by Gasteiger charge is 2.34. The van der Waals surface area contributed by atoms with Crippen molar-refractivity contribution in [3.63, 3.8) is 0 Å². The number of ether oxygens (including phenoxy) is 2. The fourth-order valence-corrected chi connectivity index (χ4v) is 6.80. The Bertz CT molecular complexity index is 2130. The lowest BCUT2D eigenvalue weighted by atomic mass is 9.97. The molecule has 0 saturated carbocycles. The van der Waals surface area contributed by atoms with Crippen LogP contribution in [0.4, 0.5) is 0 Å². The normalized spacial score (nSPS) is 18.5. The largest absolute Gasteiger partial charge is 0.392 e. The third kappa shape index (κ3) is 8.52. The number of hydrogen-bond donors (Lipinski definition) is 3. The van der Waals surface area contributed by atoms with Gasteiger partial charge in [-0.1, -0.05) is 115 Å². The molecule has 0 unspecified atom stereocenters. The molecular weight excluding hydrogens is 665 g/mol. The first kappa shape index (κ1) is 36.1. The molecule has 270 valence electrons. The summed E-state index contributed by atoms with van der Waals surface area (Å²) < 4.78 is 13.2. The van der Waals surface area contributed by atoms with Crippen molar-refractivity contribution in [1.29, 1.82) is 0 Å². The predicted molar refractivity (Wildman–Crippen MR) is 205 cm³/mol. The van der Waals surface area contributed by atoms with Gasteiger partial charge in [-0.05, 0) is 59.5 Å². The Hall–Kier alpha value is -5.29. The van der Waals surface area contributed by atoms with Gasteiger partial charge in [-0.15, -0.1) is 0 Å². The molecule has 0 bridgehead atoms. The highest BCUT2D eigenvalue weighted by molar-refractivity contribution is 5.93. The number of nitrogens with zero attached hydrogens (tertiary/aromatic N) is 3. The van der Waals surface area contributed by atoms with Crippen LogP contribution in [-0.2, 0) is 22.6 Å². The fourth-order valence-electron chi connectivity index (χ4n) is 6.80. The van der Waals surface area contributed by atoms with E-state index in [0.717, 1.165) is 44.5 Å². The number of benzene rings is 5. The van der Waals surface area contributed by atoms with E-state index in [4.69, 9.17) is 9.47 Å². The van der Waals surface area contributed by atoms with Gasteiger partial charge in [0, 0.05) is 31.1 Å². The highest BCUT2D eigenvalue weighted by Crippen LogP contribution is 2.39. The molecule has 53 heavy (non-hydrogen) atoms. The number of likely N-dealkylation sites (N-methyl/N-ethyl adjacent to an activating group) is 1. The Morgan fingerprint density at radius 2 is 1.53 bits per heavy atom. The Morgan fingerprint density at radius 1 is 0.849 bits per heavy atom. The molecule has 3 N–H and O–H groups in total. The molecule has 1 fully saturated rings. The lowest BCUT2D eigenvalue weighted by Gasteiger charge is -2.39. The lowest BCUT2D eigenvalue weighted by Crippen LogP contribution is -2.43. The van der Waals surface area contributed by atoms with Crippen molar-refractivity contribution in [3.8, 4) is 11.1 Å². The van der Waals surface area contributed by atoms with Crippen LogP contribution in [-0.4, -0.2) is 56.7 Å². The van der Waals surface area contributed by atoms with Gasteiger partial charge in [-0.25, -0.2) is 4.98 Å². The maximum atomic E-state index is 13.1. The van der Waals surface area contributed by atoms with Crippen LogP contribution in [0.5, 0.6) is 0 Å². The summed E-state index contributed by atoms with van der Waals surface area (Å²) in [7, 11) is 2.01. The third-order valence-electron chi connectivity index (χ3n) is 10.0. The number of nitrogens with one attached hydrogen (secondary N) is 1. The van der Waals surface area contributed by atoms with Gasteiger partial charge in [0.2, 0.25) is 0 Å². The second-order valence-electron chi connectivity index (χ2n) is 13.6. The number of hydrogen-bond acceptors (Lipinski definition) is 8. The quantitative estimate of drug-likeness (QED) is 0.121. The number of aliphatic hydroxyl groups excluding tert-OH is 2. The zero-order valence-corrected chi connectivity index (χ0v) is 29.9. The maximum absolute atomic E-state index is 13.1. The number of aromatic nitrogens is 2. The fraction of sp³-hybridized carbons (Fsp3) is 0.250. The molecule has 0 radical (unpaired) electrons. The van der Waals surface area contributed by atoms with Crippen molar-refractivity contribution >= 4 is 16.9 Å². The van der Waals surface area contributed by atoms with Gasteiger partial charge in [0.05, 0.1) is 42.1 Å². The zero-order valence-electron chi connectivity index (χ0n) is 29.9. The van der Waals surface area contributed by atoms with Crippen molar-refractivity contribution in [2.75, 3.05) is 13.6 Å². The molecule has 0 spiro atoms. The van der Waals surface area contributed by atoms with Crippen LogP contribution in [0.25, 0.3) is 22.2 Å². The van der Waals surface area contributed by atoms with E-state index < -0.39 is 12.4 Å². The minimum absolute atomic E-state index is 0.0203. The van der Waals surface area contributed by atoms with Gasteiger partial charge >= 0.3 is 0 Å². The molecule has 1 aliphatic heterocycles. The van der Waals surface area contributed by atoms with Gasteiger partial charge in [-0.3, -0.25) is 14.7 Å². The average Bonchev–Trinajstić information content (AvgIpc) is 3.22. The number of fused-ring (bicyclic) bond motifs is 1. The molecule has 2 heterocycles. The zero-order chi connectivity index (χ0) is 36.7. The first-order valence-corrected chi connectivity index (χ1v) is 18.0. The van der Waals surface area contributed by atoms with Crippen molar-refractivity contribution < 1.29 is 24.5 Å². The van der Waals surface area contributed by atoms with Gasteiger partial charge in [0.1, 0.15) is 5.69 Å². The molecule has 1 saturated heterocycles. The van der Waals surface area contributed by atoms with E-state index in [1.165, 1.54) is 6.20 Å². The van der Waals surface area contributed by atoms with E-state index in [-0.39, 0.29) is 36.5 Å². The Kier molecular flexibility index (Phi) is 11.3. The number of amides is 1. The third-order valence-corrected chi connectivity index (χ3v) is 10.0. The molecule has 7 rings (SSSR count). The van der Waals surface area contributed by atoms with Crippen molar-refractivity contribution in [2.45, 2.75) is 57.1 Å². The smallest absolute Gasteiger partial charge is 0.271 e. The molecule has 1 aliphatic rings. The van der Waals surface area contributed by atoms with Gasteiger partial charge in [0.25, 0.3) is 5.91 Å². The van der Waals surface area contributed by atoms with E-state index >= 15 is 0 Å². The summed E-state index contributed by atoms with van der Waals surface area (Å²) in [5, 5.41) is 23.7. The molecule has 6 aromatic rings. The molecule has 1 amide bonds. The van der Waals surface area contributed by atoms with Crippen molar-refractivity contribution in [2.24, 2.45) is 0 Å². The van der Waals surface area contributed by atoms with Crippen molar-refractivity contribution in [1.82, 2.24) is 20.2 Å². The van der Waals surface area contributed by atoms with Crippen LogP contribution in [0.1, 0.15) is 70.1 Å². The summed E-state index contributed by atoms with van der Waals surface area (Å²) in [5.74, 6) is -0.287. The topological polar surface area (TPSA) is 117 Å². The molecule has 9 heteroatoms. The average molecular weight is 709 g/mol. The SMILES string of the molecule is C[C@H]([C@@H](O)c1ccccc1)N(C)C[C@H]1C[C@@H](c2ccc(CO)cc2)O[C@@H](c2ccc(-c3ccccc3CNC(=O)c3cnc4ccccc4n3)cc2)O1. The highest BCUT2D eigenvalue weighted by atomic mass is 16.7. The number of para-hydroxylation sites is 2. The Labute approximate surface area is 309 Å². The first-order valence-electron chi connectivity index (χ1n) is 18.0. The van der Waals surface area contributed by atoms with Gasteiger partial charge in [-0.2, -0.15) is 0 Å². The summed E-state index contributed by atoms with van der Waals surface area (Å²) in [4.78, 5) is 24.1. The number of carbonyl (C=O) groups excluding carboxylic acids is 1. The summed E-state index contributed by atoms with van der Waals surface area (Å²) in [6.07, 6.45) is 0.466. The van der Waals surface area contributed by atoms with Crippen LogP contribution in [0.15, 0.2) is 134 Å². The maximum Gasteiger partial charge on any atom is 0.271 e. The van der Waals surface area contributed by atoms with Gasteiger partial charge < -0.3 is 25.0 Å². The van der Waals surface area contributed by atoms with Crippen LogP contribution in [0.2, 0.25) is 0 Å². The number of rotatable bonds is 12. The molecule has 9 nitrogen and oxygen atoms in total. The minimum Gasteiger partial charge on any atom is -0.392 e. The molecule has 5 aromatic carbocycles. The van der Waals surface area contributed by atoms with E-state index in [1.54, 1.807) is 0 Å². The van der Waals surface area contributed by atoms with E-state index in [0.29, 0.717) is 25.0 Å².